The summed E-state index contributed by atoms with van der Waals surface area (Å²) in [5.74, 6) is 0.748. The van der Waals surface area contributed by atoms with Gasteiger partial charge in [0.15, 0.2) is 0 Å². The van der Waals surface area contributed by atoms with Crippen molar-refractivity contribution in [2.24, 2.45) is 0 Å². The van der Waals surface area contributed by atoms with Gasteiger partial charge in [-0.1, -0.05) is 11.6 Å². The molecule has 1 aromatic heterocycles. The summed E-state index contributed by atoms with van der Waals surface area (Å²) in [5.41, 5.74) is 0.482. The maximum Gasteiger partial charge on any atom is 0.338 e. The van der Waals surface area contributed by atoms with Crippen molar-refractivity contribution in [2.45, 2.75) is 6.92 Å². The zero-order valence-electron chi connectivity index (χ0n) is 10.3. The highest BCUT2D eigenvalue weighted by atomic mass is 35.5. The predicted octanol–water partition coefficient (Wildman–Crippen LogP) is 3.70. The minimum absolute atomic E-state index is 0.351. The summed E-state index contributed by atoms with van der Waals surface area (Å²) in [6.07, 6.45) is 3.10. The third-order valence-corrected chi connectivity index (χ3v) is 2.61. The Hall–Kier alpha value is -2.07. The number of ether oxygens (including phenoxy) is 2. The summed E-state index contributed by atoms with van der Waals surface area (Å²) < 4.78 is 10.5. The summed E-state index contributed by atoms with van der Waals surface area (Å²) in [5, 5.41) is 0.428. The van der Waals surface area contributed by atoms with Crippen LogP contribution in [0.15, 0.2) is 42.7 Å². The van der Waals surface area contributed by atoms with Crippen molar-refractivity contribution in [3.8, 4) is 11.5 Å². The zero-order valence-corrected chi connectivity index (χ0v) is 11.1. The van der Waals surface area contributed by atoms with Crippen LogP contribution in [0, 0.1) is 0 Å². The molecule has 0 fully saturated rings. The first-order valence-corrected chi connectivity index (χ1v) is 6.13. The average molecular weight is 278 g/mol. The van der Waals surface area contributed by atoms with Crippen LogP contribution in [0.1, 0.15) is 17.3 Å². The highest BCUT2D eigenvalue weighted by Gasteiger charge is 2.07. The van der Waals surface area contributed by atoms with Gasteiger partial charge in [0.05, 0.1) is 12.2 Å². The van der Waals surface area contributed by atoms with Crippen molar-refractivity contribution in [1.29, 1.82) is 0 Å². The molecule has 0 N–H and O–H groups in total. The molecular formula is C14H12ClNO3. The minimum Gasteiger partial charge on any atom is -0.462 e. The second-order valence-corrected chi connectivity index (χ2v) is 4.06. The van der Waals surface area contributed by atoms with Gasteiger partial charge in [-0.3, -0.25) is 4.98 Å². The van der Waals surface area contributed by atoms with Gasteiger partial charge >= 0.3 is 5.97 Å². The first kappa shape index (κ1) is 13.4. The van der Waals surface area contributed by atoms with Gasteiger partial charge in [-0.2, -0.15) is 0 Å². The van der Waals surface area contributed by atoms with Crippen LogP contribution in [0.25, 0.3) is 0 Å². The minimum atomic E-state index is -0.351. The highest BCUT2D eigenvalue weighted by molar-refractivity contribution is 6.31. The Morgan fingerprint density at radius 3 is 2.63 bits per heavy atom. The number of carbonyl (C=O) groups is 1. The topological polar surface area (TPSA) is 48.4 Å². The number of carbonyl (C=O) groups excluding carboxylic acids is 1. The Balaban J connectivity index is 2.11. The molecule has 0 unspecified atom stereocenters. The van der Waals surface area contributed by atoms with Crippen LogP contribution < -0.4 is 4.74 Å². The number of halogens is 1. The monoisotopic (exact) mass is 277 g/mol. The molecule has 98 valence electrons. The van der Waals surface area contributed by atoms with Crippen LogP contribution in [0.3, 0.4) is 0 Å². The van der Waals surface area contributed by atoms with Crippen molar-refractivity contribution in [3.05, 3.63) is 53.3 Å². The molecule has 0 aliphatic heterocycles. The van der Waals surface area contributed by atoms with E-state index >= 15 is 0 Å². The first-order chi connectivity index (χ1) is 9.20. The van der Waals surface area contributed by atoms with E-state index in [9.17, 15) is 4.79 Å². The smallest absolute Gasteiger partial charge is 0.338 e. The lowest BCUT2D eigenvalue weighted by Crippen LogP contribution is -2.04. The van der Waals surface area contributed by atoms with E-state index < -0.39 is 0 Å². The van der Waals surface area contributed by atoms with Gasteiger partial charge in [0, 0.05) is 18.5 Å². The largest absolute Gasteiger partial charge is 0.462 e. The third-order valence-electron chi connectivity index (χ3n) is 2.33. The molecule has 0 saturated heterocycles. The highest BCUT2D eigenvalue weighted by Crippen LogP contribution is 2.28. The van der Waals surface area contributed by atoms with Gasteiger partial charge in [-0.05, 0) is 31.2 Å². The number of benzene rings is 1. The van der Waals surface area contributed by atoms with E-state index in [4.69, 9.17) is 21.1 Å². The molecule has 0 radical (unpaired) electrons. The number of pyridine rings is 1. The van der Waals surface area contributed by atoms with Crippen molar-refractivity contribution in [1.82, 2.24) is 4.98 Å². The van der Waals surface area contributed by atoms with E-state index in [1.54, 1.807) is 43.5 Å². The van der Waals surface area contributed by atoms with Crippen LogP contribution in [0.4, 0.5) is 0 Å². The zero-order chi connectivity index (χ0) is 13.7. The van der Waals surface area contributed by atoms with Gasteiger partial charge in [0.25, 0.3) is 0 Å². The van der Waals surface area contributed by atoms with Gasteiger partial charge in [-0.15, -0.1) is 0 Å². The van der Waals surface area contributed by atoms with Crippen LogP contribution in [-0.4, -0.2) is 17.6 Å². The molecule has 5 heteroatoms. The van der Waals surface area contributed by atoms with Crippen molar-refractivity contribution in [2.75, 3.05) is 6.61 Å². The molecular weight excluding hydrogens is 266 g/mol. The van der Waals surface area contributed by atoms with Crippen molar-refractivity contribution >= 4 is 17.6 Å². The maximum absolute atomic E-state index is 11.5. The molecule has 0 spiro atoms. The number of nitrogens with zero attached hydrogens (tertiary/aromatic N) is 1. The lowest BCUT2D eigenvalue weighted by atomic mass is 10.2. The van der Waals surface area contributed by atoms with E-state index in [1.807, 2.05) is 0 Å². The third kappa shape index (κ3) is 3.45. The number of hydrogen-bond donors (Lipinski definition) is 0. The molecule has 19 heavy (non-hydrogen) atoms. The Morgan fingerprint density at radius 2 is 2.00 bits per heavy atom. The van der Waals surface area contributed by atoms with Crippen LogP contribution in [-0.2, 0) is 4.74 Å². The normalized spacial score (nSPS) is 10.0. The fraction of sp³-hybridized carbons (Fsp3) is 0.143. The molecule has 0 amide bonds. The Labute approximate surface area is 115 Å². The maximum atomic E-state index is 11.5. The summed E-state index contributed by atoms with van der Waals surface area (Å²) in [7, 11) is 0. The lowest BCUT2D eigenvalue weighted by molar-refractivity contribution is 0.0526. The lowest BCUT2D eigenvalue weighted by Gasteiger charge is -2.07. The molecule has 4 nitrogen and oxygen atoms in total. The molecule has 1 heterocycles. The predicted molar refractivity (Wildman–Crippen MR) is 71.7 cm³/mol. The molecule has 1 aromatic carbocycles. The number of rotatable bonds is 4. The first-order valence-electron chi connectivity index (χ1n) is 5.75. The quantitative estimate of drug-likeness (QED) is 0.800. The van der Waals surface area contributed by atoms with Gasteiger partial charge in [-0.25, -0.2) is 4.79 Å². The van der Waals surface area contributed by atoms with Crippen molar-refractivity contribution < 1.29 is 14.3 Å². The van der Waals surface area contributed by atoms with Crippen LogP contribution >= 0.6 is 11.6 Å². The second kappa shape index (κ2) is 6.20. The summed E-state index contributed by atoms with van der Waals surface area (Å²) in [6.45, 7) is 2.12. The average Bonchev–Trinajstić information content (AvgIpc) is 2.42. The summed E-state index contributed by atoms with van der Waals surface area (Å²) in [6, 6.07) is 8.32. The number of esters is 1. The molecule has 0 aliphatic rings. The SMILES string of the molecule is CCOC(=O)c1ccc(Oc2ccncc2Cl)cc1. The molecule has 0 bridgehead atoms. The number of hydrogen-bond acceptors (Lipinski definition) is 4. The Morgan fingerprint density at radius 1 is 1.26 bits per heavy atom. The van der Waals surface area contributed by atoms with Gasteiger partial charge in [0.2, 0.25) is 0 Å². The van der Waals surface area contributed by atoms with Gasteiger partial charge in [0.1, 0.15) is 16.5 Å². The van der Waals surface area contributed by atoms with E-state index in [1.165, 1.54) is 6.20 Å². The van der Waals surface area contributed by atoms with Crippen molar-refractivity contribution in [3.63, 3.8) is 0 Å². The fourth-order valence-corrected chi connectivity index (χ4v) is 1.60. The summed E-state index contributed by atoms with van der Waals surface area (Å²) in [4.78, 5) is 15.3. The molecule has 0 saturated carbocycles. The van der Waals surface area contributed by atoms with Gasteiger partial charge < -0.3 is 9.47 Å². The molecule has 2 rings (SSSR count). The van der Waals surface area contributed by atoms with E-state index in [0.29, 0.717) is 28.7 Å². The van der Waals surface area contributed by atoms with E-state index in [-0.39, 0.29) is 5.97 Å². The standard InChI is InChI=1S/C14H12ClNO3/c1-2-18-14(17)10-3-5-11(6-4-10)19-13-7-8-16-9-12(13)15/h3-9H,2H2,1H3. The van der Waals surface area contributed by atoms with Crippen LogP contribution in [0.5, 0.6) is 11.5 Å². The Kier molecular flexibility index (Phi) is 4.36. The molecule has 2 aromatic rings. The fourth-order valence-electron chi connectivity index (χ4n) is 1.45. The Bertz CT molecular complexity index is 569. The van der Waals surface area contributed by atoms with Crippen LogP contribution in [0.2, 0.25) is 5.02 Å². The molecule has 0 atom stereocenters. The number of aromatic nitrogens is 1. The van der Waals surface area contributed by atoms with E-state index in [0.717, 1.165) is 0 Å². The summed E-state index contributed by atoms with van der Waals surface area (Å²) >= 11 is 5.94. The molecule has 0 aliphatic carbocycles. The van der Waals surface area contributed by atoms with E-state index in [2.05, 4.69) is 4.98 Å². The second-order valence-electron chi connectivity index (χ2n) is 3.65.